The SMILES string of the molecule is CC(C)c1cnc(N2CCC3(CC2)CC2CC2C3N)c(=O)[nH]1. The maximum absolute atomic E-state index is 12.3. The number of rotatable bonds is 2. The molecule has 1 saturated heterocycles. The Morgan fingerprint density at radius 1 is 1.41 bits per heavy atom. The van der Waals surface area contributed by atoms with Gasteiger partial charge in [-0.1, -0.05) is 13.8 Å². The number of hydrogen-bond donors (Lipinski definition) is 2. The summed E-state index contributed by atoms with van der Waals surface area (Å²) in [5.74, 6) is 2.56. The van der Waals surface area contributed by atoms with E-state index in [1.807, 2.05) is 6.20 Å². The normalized spacial score (nSPS) is 32.5. The second-order valence-electron chi connectivity index (χ2n) is 7.88. The van der Waals surface area contributed by atoms with E-state index in [4.69, 9.17) is 5.73 Å². The average molecular weight is 302 g/mol. The molecule has 1 aromatic heterocycles. The van der Waals surface area contributed by atoms with Gasteiger partial charge in [0.25, 0.3) is 5.56 Å². The van der Waals surface area contributed by atoms with Gasteiger partial charge >= 0.3 is 0 Å². The molecule has 2 saturated carbocycles. The molecule has 5 nitrogen and oxygen atoms in total. The molecule has 22 heavy (non-hydrogen) atoms. The number of H-pyrrole nitrogens is 1. The van der Waals surface area contributed by atoms with Crippen LogP contribution in [0, 0.1) is 17.3 Å². The third-order valence-corrected chi connectivity index (χ3v) is 6.28. The van der Waals surface area contributed by atoms with Gasteiger partial charge < -0.3 is 15.6 Å². The van der Waals surface area contributed by atoms with Crippen molar-refractivity contribution >= 4 is 5.82 Å². The van der Waals surface area contributed by atoms with E-state index in [1.165, 1.54) is 12.8 Å². The fourth-order valence-corrected chi connectivity index (χ4v) is 4.69. The molecule has 4 rings (SSSR count). The third-order valence-electron chi connectivity index (χ3n) is 6.28. The standard InChI is InChI=1S/C17H26N4O/c1-10(2)13-9-19-15(16(22)20-13)21-5-3-17(4-6-21)8-11-7-12(11)14(17)18/h9-12,14H,3-8,18H2,1-2H3,(H,20,22). The summed E-state index contributed by atoms with van der Waals surface area (Å²) in [4.78, 5) is 21.8. The van der Waals surface area contributed by atoms with Gasteiger partial charge in [-0.3, -0.25) is 4.79 Å². The highest BCUT2D eigenvalue weighted by Gasteiger charge is 2.59. The van der Waals surface area contributed by atoms with E-state index in [9.17, 15) is 4.79 Å². The molecule has 0 amide bonds. The van der Waals surface area contributed by atoms with Gasteiger partial charge in [-0.15, -0.1) is 0 Å². The van der Waals surface area contributed by atoms with E-state index >= 15 is 0 Å². The molecule has 3 unspecified atom stereocenters. The number of nitrogens with zero attached hydrogens (tertiary/aromatic N) is 2. The van der Waals surface area contributed by atoms with Crippen LogP contribution in [-0.2, 0) is 0 Å². The first kappa shape index (κ1) is 14.2. The van der Waals surface area contributed by atoms with Crippen molar-refractivity contribution in [3.63, 3.8) is 0 Å². The van der Waals surface area contributed by atoms with Crippen LogP contribution in [0.2, 0.25) is 0 Å². The van der Waals surface area contributed by atoms with Crippen molar-refractivity contribution in [3.8, 4) is 0 Å². The van der Waals surface area contributed by atoms with E-state index in [1.54, 1.807) is 0 Å². The Kier molecular flexibility index (Phi) is 3.12. The predicted octanol–water partition coefficient (Wildman–Crippen LogP) is 1.85. The second-order valence-corrected chi connectivity index (χ2v) is 7.88. The summed E-state index contributed by atoms with van der Waals surface area (Å²) in [6.07, 6.45) is 6.68. The molecule has 120 valence electrons. The lowest BCUT2D eigenvalue weighted by atomic mass is 9.72. The van der Waals surface area contributed by atoms with Gasteiger partial charge in [0, 0.05) is 31.0 Å². The van der Waals surface area contributed by atoms with Crippen molar-refractivity contribution in [1.82, 2.24) is 9.97 Å². The third kappa shape index (κ3) is 2.09. The van der Waals surface area contributed by atoms with Crippen LogP contribution in [-0.4, -0.2) is 29.1 Å². The van der Waals surface area contributed by atoms with Gasteiger partial charge in [0.15, 0.2) is 5.82 Å². The second kappa shape index (κ2) is 4.82. The van der Waals surface area contributed by atoms with Crippen molar-refractivity contribution < 1.29 is 0 Å². The average Bonchev–Trinajstić information content (AvgIpc) is 3.21. The smallest absolute Gasteiger partial charge is 0.291 e. The molecular weight excluding hydrogens is 276 g/mol. The van der Waals surface area contributed by atoms with Crippen LogP contribution in [0.1, 0.15) is 51.1 Å². The van der Waals surface area contributed by atoms with Crippen LogP contribution >= 0.6 is 0 Å². The molecule has 3 N–H and O–H groups in total. The maximum Gasteiger partial charge on any atom is 0.291 e. The number of nitrogens with one attached hydrogen (secondary N) is 1. The van der Waals surface area contributed by atoms with Gasteiger partial charge in [-0.2, -0.15) is 0 Å². The molecule has 2 aliphatic carbocycles. The molecule has 1 aliphatic heterocycles. The summed E-state index contributed by atoms with van der Waals surface area (Å²) in [5.41, 5.74) is 7.68. The number of piperidine rings is 1. The lowest BCUT2D eigenvalue weighted by Gasteiger charge is -2.43. The molecule has 3 aliphatic rings. The molecule has 3 atom stereocenters. The minimum Gasteiger partial charge on any atom is -0.352 e. The minimum absolute atomic E-state index is 0.0549. The molecule has 3 fully saturated rings. The number of nitrogens with two attached hydrogens (primary N) is 1. The topological polar surface area (TPSA) is 75.0 Å². The summed E-state index contributed by atoms with van der Waals surface area (Å²) in [7, 11) is 0. The Bertz CT molecular complexity index is 630. The highest BCUT2D eigenvalue weighted by Crippen LogP contribution is 2.62. The first-order valence-corrected chi connectivity index (χ1v) is 8.60. The Labute approximate surface area is 131 Å². The van der Waals surface area contributed by atoms with Gasteiger partial charge in [0.2, 0.25) is 0 Å². The number of aromatic nitrogens is 2. The Morgan fingerprint density at radius 2 is 2.14 bits per heavy atom. The summed E-state index contributed by atoms with van der Waals surface area (Å²) < 4.78 is 0. The molecule has 0 aromatic carbocycles. The van der Waals surface area contributed by atoms with Gasteiger partial charge in [0.1, 0.15) is 0 Å². The molecule has 0 radical (unpaired) electrons. The first-order valence-electron chi connectivity index (χ1n) is 8.60. The summed E-state index contributed by atoms with van der Waals surface area (Å²) in [6, 6.07) is 0.384. The van der Waals surface area contributed by atoms with E-state index in [2.05, 4.69) is 28.7 Å². The zero-order valence-electron chi connectivity index (χ0n) is 13.5. The number of hydrogen-bond acceptors (Lipinski definition) is 4. The van der Waals surface area contributed by atoms with Crippen molar-refractivity contribution in [3.05, 3.63) is 22.2 Å². The Morgan fingerprint density at radius 3 is 2.68 bits per heavy atom. The summed E-state index contributed by atoms with van der Waals surface area (Å²) >= 11 is 0. The van der Waals surface area contributed by atoms with E-state index in [-0.39, 0.29) is 5.56 Å². The largest absolute Gasteiger partial charge is 0.352 e. The molecule has 1 aromatic rings. The first-order chi connectivity index (χ1) is 10.5. The quantitative estimate of drug-likeness (QED) is 0.874. The van der Waals surface area contributed by atoms with E-state index in [0.717, 1.165) is 43.5 Å². The van der Waals surface area contributed by atoms with E-state index < -0.39 is 0 Å². The number of fused-ring (bicyclic) bond motifs is 1. The number of anilines is 1. The Hall–Kier alpha value is -1.36. The van der Waals surface area contributed by atoms with Crippen LogP contribution in [0.15, 0.2) is 11.0 Å². The lowest BCUT2D eigenvalue weighted by molar-refractivity contribution is 0.171. The zero-order chi connectivity index (χ0) is 15.5. The van der Waals surface area contributed by atoms with Gasteiger partial charge in [0.05, 0.1) is 0 Å². The highest BCUT2D eigenvalue weighted by atomic mass is 16.1. The van der Waals surface area contributed by atoms with Crippen LogP contribution in [0.3, 0.4) is 0 Å². The lowest BCUT2D eigenvalue weighted by Crippen LogP contribution is -2.49. The van der Waals surface area contributed by atoms with Crippen LogP contribution in [0.4, 0.5) is 5.82 Å². The monoisotopic (exact) mass is 302 g/mol. The van der Waals surface area contributed by atoms with Crippen molar-refractivity contribution in [1.29, 1.82) is 0 Å². The highest BCUT2D eigenvalue weighted by molar-refractivity contribution is 5.37. The number of aromatic amines is 1. The fourth-order valence-electron chi connectivity index (χ4n) is 4.69. The van der Waals surface area contributed by atoms with E-state index in [0.29, 0.717) is 23.2 Å². The minimum atomic E-state index is -0.0549. The fraction of sp³-hybridized carbons (Fsp3) is 0.765. The molecule has 2 heterocycles. The molecular formula is C17H26N4O. The molecule has 0 bridgehead atoms. The molecule has 1 spiro atoms. The van der Waals surface area contributed by atoms with Gasteiger partial charge in [-0.05, 0) is 48.9 Å². The van der Waals surface area contributed by atoms with Crippen molar-refractivity contribution in [2.75, 3.05) is 18.0 Å². The predicted molar refractivity (Wildman–Crippen MR) is 87.0 cm³/mol. The van der Waals surface area contributed by atoms with Crippen molar-refractivity contribution in [2.24, 2.45) is 23.0 Å². The maximum atomic E-state index is 12.3. The van der Waals surface area contributed by atoms with Gasteiger partial charge in [-0.25, -0.2) is 4.98 Å². The molecule has 5 heteroatoms. The van der Waals surface area contributed by atoms with Crippen LogP contribution < -0.4 is 16.2 Å². The van der Waals surface area contributed by atoms with Crippen molar-refractivity contribution in [2.45, 2.75) is 51.5 Å². The summed E-state index contributed by atoms with van der Waals surface area (Å²) in [6.45, 7) is 5.93. The summed E-state index contributed by atoms with van der Waals surface area (Å²) in [5, 5.41) is 0. The zero-order valence-corrected chi connectivity index (χ0v) is 13.5. The van der Waals surface area contributed by atoms with Crippen LogP contribution in [0.25, 0.3) is 0 Å². The van der Waals surface area contributed by atoms with Crippen LogP contribution in [0.5, 0.6) is 0 Å². The Balaban J connectivity index is 1.49.